The number of carbonyl (C=O) groups excluding carboxylic acids is 1. The van der Waals surface area contributed by atoms with Crippen LogP contribution in [0.25, 0.3) is 0 Å². The van der Waals surface area contributed by atoms with Crippen LogP contribution in [0.5, 0.6) is 11.5 Å². The molecule has 5 nitrogen and oxygen atoms in total. The Labute approximate surface area is 198 Å². The third-order valence-corrected chi connectivity index (χ3v) is 6.40. The van der Waals surface area contributed by atoms with Crippen LogP contribution in [0.4, 0.5) is 11.4 Å². The number of rotatable bonds is 3. The molecule has 0 spiro atoms. The van der Waals surface area contributed by atoms with Gasteiger partial charge in [0.05, 0.1) is 22.8 Å². The number of amides is 1. The summed E-state index contributed by atoms with van der Waals surface area (Å²) < 4.78 is 7.63. The molecule has 0 saturated heterocycles. The van der Waals surface area contributed by atoms with Gasteiger partial charge in [0.2, 0.25) is 0 Å². The zero-order valence-electron chi connectivity index (χ0n) is 15.1. The quantitative estimate of drug-likeness (QED) is 0.334. The fourth-order valence-electron chi connectivity index (χ4n) is 3.32. The monoisotopic (exact) mass is 628 g/mol. The number of fused-ring (bicyclic) bond motifs is 1. The Morgan fingerprint density at radius 2 is 1.93 bits per heavy atom. The van der Waals surface area contributed by atoms with Crippen molar-refractivity contribution < 1.29 is 14.6 Å². The maximum atomic E-state index is 13.6. The molecule has 0 radical (unpaired) electrons. The fraction of sp³-hybridized carbons (Fsp3) is 0.0952. The second kappa shape index (κ2) is 8.16. The average Bonchev–Trinajstić information content (AvgIpc) is 2.71. The van der Waals surface area contributed by atoms with Crippen LogP contribution in [-0.2, 0) is 0 Å². The minimum Gasteiger partial charge on any atom is -0.506 e. The molecule has 4 rings (SSSR count). The van der Waals surface area contributed by atoms with Crippen LogP contribution in [0.2, 0.25) is 0 Å². The van der Waals surface area contributed by atoms with Crippen LogP contribution in [0, 0.1) is 3.57 Å². The number of halogens is 3. The van der Waals surface area contributed by atoms with E-state index in [9.17, 15) is 9.90 Å². The third-order valence-electron chi connectivity index (χ3n) is 4.66. The molecule has 1 unspecified atom stereocenters. The number of benzene rings is 3. The molecule has 1 atom stereocenters. The van der Waals surface area contributed by atoms with Gasteiger partial charge in [-0.3, -0.25) is 9.69 Å². The van der Waals surface area contributed by atoms with E-state index in [0.717, 1.165) is 13.7 Å². The van der Waals surface area contributed by atoms with Crippen LogP contribution in [0.1, 0.15) is 22.1 Å². The number of nitrogens with one attached hydrogen (secondary N) is 1. The number of phenols is 1. The average molecular weight is 630 g/mol. The van der Waals surface area contributed by atoms with Gasteiger partial charge >= 0.3 is 0 Å². The summed E-state index contributed by atoms with van der Waals surface area (Å²) in [6, 6.07) is 16.5. The summed E-state index contributed by atoms with van der Waals surface area (Å²) in [4.78, 5) is 15.2. The number of methoxy groups -OCH3 is 1. The molecule has 0 aromatic heterocycles. The number of ether oxygens (including phenoxy) is 1. The van der Waals surface area contributed by atoms with E-state index < -0.39 is 6.17 Å². The zero-order valence-corrected chi connectivity index (χ0v) is 20.4. The molecule has 0 fully saturated rings. The van der Waals surface area contributed by atoms with Gasteiger partial charge in [-0.25, -0.2) is 0 Å². The maximum Gasteiger partial charge on any atom is 0.262 e. The van der Waals surface area contributed by atoms with Crippen LogP contribution in [-0.4, -0.2) is 18.1 Å². The second-order valence-electron chi connectivity index (χ2n) is 6.44. The first-order chi connectivity index (χ1) is 13.9. The first-order valence-electron chi connectivity index (χ1n) is 8.60. The Bertz CT molecular complexity index is 1120. The van der Waals surface area contributed by atoms with Crippen molar-refractivity contribution in [2.75, 3.05) is 17.3 Å². The largest absolute Gasteiger partial charge is 0.506 e. The van der Waals surface area contributed by atoms with Crippen LogP contribution in [0.3, 0.4) is 0 Å². The molecule has 2 N–H and O–H groups in total. The standard InChI is InChI=1S/C21H15Br2IN2O3/c1-29-14-4-2-3-13(10-14)26-20(16-7-11(22)8-17(23)19(16)27)25-18-6-5-12(24)9-15(18)21(26)28/h2-10,20,25,27H,1H3. The highest BCUT2D eigenvalue weighted by Gasteiger charge is 2.36. The number of anilines is 2. The summed E-state index contributed by atoms with van der Waals surface area (Å²) in [7, 11) is 1.59. The summed E-state index contributed by atoms with van der Waals surface area (Å²) >= 11 is 9.05. The first kappa shape index (κ1) is 20.5. The van der Waals surface area contributed by atoms with Crippen molar-refractivity contribution >= 4 is 71.7 Å². The van der Waals surface area contributed by atoms with Gasteiger partial charge < -0.3 is 15.2 Å². The van der Waals surface area contributed by atoms with Crippen molar-refractivity contribution in [2.24, 2.45) is 0 Å². The number of nitrogens with zero attached hydrogens (tertiary/aromatic N) is 1. The summed E-state index contributed by atoms with van der Waals surface area (Å²) in [5.41, 5.74) is 2.51. The topological polar surface area (TPSA) is 61.8 Å². The molecule has 3 aromatic carbocycles. The van der Waals surface area contributed by atoms with Gasteiger partial charge in [-0.1, -0.05) is 22.0 Å². The zero-order chi connectivity index (χ0) is 20.7. The molecule has 1 aliphatic heterocycles. The van der Waals surface area contributed by atoms with E-state index in [1.165, 1.54) is 0 Å². The third kappa shape index (κ3) is 3.85. The number of aromatic hydroxyl groups is 1. The predicted molar refractivity (Wildman–Crippen MR) is 129 cm³/mol. The van der Waals surface area contributed by atoms with E-state index in [-0.39, 0.29) is 11.7 Å². The Morgan fingerprint density at radius 3 is 2.69 bits per heavy atom. The van der Waals surface area contributed by atoms with Gasteiger partial charge in [0.15, 0.2) is 0 Å². The van der Waals surface area contributed by atoms with E-state index in [4.69, 9.17) is 4.74 Å². The van der Waals surface area contributed by atoms with Crippen molar-refractivity contribution in [1.29, 1.82) is 0 Å². The van der Waals surface area contributed by atoms with E-state index in [2.05, 4.69) is 59.8 Å². The molecule has 1 heterocycles. The maximum absolute atomic E-state index is 13.6. The Morgan fingerprint density at radius 1 is 1.14 bits per heavy atom. The predicted octanol–water partition coefficient (Wildman–Crippen LogP) is 6.30. The second-order valence-corrected chi connectivity index (χ2v) is 9.45. The van der Waals surface area contributed by atoms with Gasteiger partial charge in [0.1, 0.15) is 17.7 Å². The molecule has 0 saturated carbocycles. The lowest BCUT2D eigenvalue weighted by Crippen LogP contribution is -2.43. The minimum atomic E-state index is -0.615. The summed E-state index contributed by atoms with van der Waals surface area (Å²) in [6.07, 6.45) is -0.615. The number of hydrogen-bond donors (Lipinski definition) is 2. The Balaban J connectivity index is 1.93. The lowest BCUT2D eigenvalue weighted by atomic mass is 10.0. The first-order valence-corrected chi connectivity index (χ1v) is 11.3. The number of phenolic OH excluding ortho intramolecular Hbond substituents is 1. The fourth-order valence-corrected chi connectivity index (χ4v) is 5.07. The van der Waals surface area contributed by atoms with Crippen molar-refractivity contribution in [3.8, 4) is 11.5 Å². The van der Waals surface area contributed by atoms with E-state index in [0.29, 0.717) is 27.0 Å². The van der Waals surface area contributed by atoms with Gasteiger partial charge in [-0.15, -0.1) is 0 Å². The lowest BCUT2D eigenvalue weighted by Gasteiger charge is -2.38. The molecule has 29 heavy (non-hydrogen) atoms. The summed E-state index contributed by atoms with van der Waals surface area (Å²) in [6.45, 7) is 0. The molecule has 8 heteroatoms. The SMILES string of the molecule is COc1cccc(N2C(=O)c3cc(I)ccc3NC2c2cc(Br)cc(Br)c2O)c1. The van der Waals surface area contributed by atoms with Gasteiger partial charge in [0.25, 0.3) is 5.91 Å². The van der Waals surface area contributed by atoms with E-state index >= 15 is 0 Å². The highest BCUT2D eigenvalue weighted by Crippen LogP contribution is 2.43. The van der Waals surface area contributed by atoms with Crippen LogP contribution >= 0.6 is 54.5 Å². The van der Waals surface area contributed by atoms with Crippen molar-refractivity contribution in [2.45, 2.75) is 6.17 Å². The molecule has 0 bridgehead atoms. The van der Waals surface area contributed by atoms with Gasteiger partial charge in [-0.2, -0.15) is 0 Å². The summed E-state index contributed by atoms with van der Waals surface area (Å²) in [5.74, 6) is 0.550. The van der Waals surface area contributed by atoms with Crippen molar-refractivity contribution in [3.63, 3.8) is 0 Å². The lowest BCUT2D eigenvalue weighted by molar-refractivity contribution is 0.0974. The van der Waals surface area contributed by atoms with Crippen molar-refractivity contribution in [3.05, 3.63) is 78.2 Å². The molecule has 148 valence electrons. The Kier molecular flexibility index (Phi) is 5.76. The number of carbonyl (C=O) groups is 1. The Hall–Kier alpha value is -1.78. The highest BCUT2D eigenvalue weighted by molar-refractivity contribution is 14.1. The molecular weight excluding hydrogens is 615 g/mol. The van der Waals surface area contributed by atoms with Gasteiger partial charge in [0, 0.05) is 25.4 Å². The molecular formula is C21H15Br2IN2O3. The van der Waals surface area contributed by atoms with Crippen LogP contribution in [0.15, 0.2) is 63.5 Å². The van der Waals surface area contributed by atoms with E-state index in [1.54, 1.807) is 30.2 Å². The van der Waals surface area contributed by atoms with Gasteiger partial charge in [-0.05, 0) is 81.0 Å². The molecule has 0 aliphatic carbocycles. The molecule has 3 aromatic rings. The minimum absolute atomic E-state index is 0.0698. The highest BCUT2D eigenvalue weighted by atomic mass is 127. The smallest absolute Gasteiger partial charge is 0.262 e. The summed E-state index contributed by atoms with van der Waals surface area (Å²) in [5, 5.41) is 14.2. The van der Waals surface area contributed by atoms with Crippen molar-refractivity contribution in [1.82, 2.24) is 0 Å². The normalized spacial score (nSPS) is 15.7. The number of hydrogen-bond acceptors (Lipinski definition) is 4. The van der Waals surface area contributed by atoms with Crippen LogP contribution < -0.4 is 15.0 Å². The molecule has 1 amide bonds. The molecule has 1 aliphatic rings. The van der Waals surface area contributed by atoms with E-state index in [1.807, 2.05) is 36.4 Å².